The van der Waals surface area contributed by atoms with Gasteiger partial charge in [0, 0.05) is 65.5 Å². The summed E-state index contributed by atoms with van der Waals surface area (Å²) in [6.07, 6.45) is -3.06. The maximum Gasteiger partial charge on any atom is 0.407 e. The summed E-state index contributed by atoms with van der Waals surface area (Å²) in [6.45, 7) is 3.94. The Balaban J connectivity index is 3.07. The van der Waals surface area contributed by atoms with Crippen molar-refractivity contribution in [3.63, 3.8) is 0 Å². The summed E-state index contributed by atoms with van der Waals surface area (Å²) in [7, 11) is 1.56. The average Bonchev–Trinajstić information content (AvgIpc) is 2.74. The first-order valence-corrected chi connectivity index (χ1v) is 11.0. The number of hydrogen-bond acceptors (Lipinski definition) is 8. The van der Waals surface area contributed by atoms with Crippen LogP contribution in [-0.4, -0.2) is 156 Å². The Morgan fingerprint density at radius 3 is 1.97 bits per heavy atom. The molecule has 0 saturated carbocycles. The van der Waals surface area contributed by atoms with Gasteiger partial charge in [-0.15, -0.1) is 0 Å². The summed E-state index contributed by atoms with van der Waals surface area (Å²) in [4.78, 5) is 52.2. The van der Waals surface area contributed by atoms with Gasteiger partial charge >= 0.3 is 24.1 Å². The molecule has 2 unspecified atom stereocenters. The van der Waals surface area contributed by atoms with Crippen LogP contribution in [-0.2, 0) is 19.1 Å². The molecule has 0 radical (unpaired) electrons. The normalized spacial score (nSPS) is 20.2. The van der Waals surface area contributed by atoms with E-state index in [0.717, 1.165) is 9.80 Å². The number of carboxylic acid groups (broad SMARTS) is 4. The van der Waals surface area contributed by atoms with E-state index in [9.17, 15) is 34.5 Å². The summed E-state index contributed by atoms with van der Waals surface area (Å²) < 4.78 is 10.4. The molecule has 2 amide bonds. The molecule has 1 aliphatic rings. The first-order chi connectivity index (χ1) is 16.1. The standard InChI is InChI=1S/C20H36N4O10/c1-15-14-23(20(31)32)6-4-21(9-10-34-12-11-33-2)3-5-22(19(29)30)7-8-24(15)16(18(27)28)13-17(25)26/h15-16H,3-14H2,1-2H3,(H,25,26)(H,27,28)(H,29,30)(H,31,32). The first kappa shape index (κ1) is 29.4. The minimum Gasteiger partial charge on any atom is -0.481 e. The van der Waals surface area contributed by atoms with Gasteiger partial charge < -0.3 is 39.7 Å². The molecule has 0 aliphatic carbocycles. The molecule has 4 N–H and O–H groups in total. The van der Waals surface area contributed by atoms with Crippen LogP contribution < -0.4 is 0 Å². The largest absolute Gasteiger partial charge is 0.481 e. The molecule has 0 aromatic carbocycles. The summed E-state index contributed by atoms with van der Waals surface area (Å²) in [6, 6.07) is -2.10. The highest BCUT2D eigenvalue weighted by atomic mass is 16.5. The van der Waals surface area contributed by atoms with Crippen molar-refractivity contribution in [2.75, 3.05) is 79.3 Å². The highest BCUT2D eigenvalue weighted by Gasteiger charge is 2.34. The molecule has 1 rings (SSSR count). The van der Waals surface area contributed by atoms with Gasteiger partial charge in [-0.05, 0) is 6.92 Å². The number of aliphatic carboxylic acids is 2. The smallest absolute Gasteiger partial charge is 0.407 e. The third kappa shape index (κ3) is 10.5. The predicted molar refractivity (Wildman–Crippen MR) is 118 cm³/mol. The zero-order valence-electron chi connectivity index (χ0n) is 19.7. The van der Waals surface area contributed by atoms with Gasteiger partial charge in [0.25, 0.3) is 0 Å². The van der Waals surface area contributed by atoms with Crippen LogP contribution in [0.3, 0.4) is 0 Å². The van der Waals surface area contributed by atoms with Crippen molar-refractivity contribution in [1.29, 1.82) is 0 Å². The van der Waals surface area contributed by atoms with E-state index >= 15 is 0 Å². The van der Waals surface area contributed by atoms with Crippen molar-refractivity contribution < 1.29 is 49.1 Å². The van der Waals surface area contributed by atoms with E-state index < -0.39 is 42.6 Å². The summed E-state index contributed by atoms with van der Waals surface area (Å²) >= 11 is 0. The van der Waals surface area contributed by atoms with Crippen LogP contribution in [0.1, 0.15) is 13.3 Å². The molecule has 0 bridgehead atoms. The molecule has 14 heteroatoms. The van der Waals surface area contributed by atoms with Crippen LogP contribution >= 0.6 is 0 Å². The number of hydrogen-bond donors (Lipinski definition) is 4. The average molecular weight is 493 g/mol. The van der Waals surface area contributed by atoms with Crippen molar-refractivity contribution in [3.8, 4) is 0 Å². The monoisotopic (exact) mass is 492 g/mol. The number of carbonyl (C=O) groups is 4. The lowest BCUT2D eigenvalue weighted by atomic mass is 10.1. The summed E-state index contributed by atoms with van der Waals surface area (Å²) in [5.41, 5.74) is 0. The van der Waals surface area contributed by atoms with Crippen LogP contribution in [0.2, 0.25) is 0 Å². The van der Waals surface area contributed by atoms with Crippen LogP contribution in [0.25, 0.3) is 0 Å². The fourth-order valence-corrected chi connectivity index (χ4v) is 3.72. The Morgan fingerprint density at radius 1 is 0.853 bits per heavy atom. The SMILES string of the molecule is COCCOCCN1CCN(C(=O)O)CCN(C(CC(=O)O)C(=O)O)C(C)CN(C(=O)O)CC1. The van der Waals surface area contributed by atoms with Crippen LogP contribution in [0.4, 0.5) is 9.59 Å². The lowest BCUT2D eigenvalue weighted by Crippen LogP contribution is -2.55. The fourth-order valence-electron chi connectivity index (χ4n) is 3.72. The van der Waals surface area contributed by atoms with Crippen LogP contribution in [0.15, 0.2) is 0 Å². The van der Waals surface area contributed by atoms with E-state index in [1.165, 1.54) is 4.90 Å². The van der Waals surface area contributed by atoms with Gasteiger partial charge in [-0.2, -0.15) is 0 Å². The summed E-state index contributed by atoms with van der Waals surface area (Å²) in [5, 5.41) is 38.1. The highest BCUT2D eigenvalue weighted by molar-refractivity contribution is 5.80. The Labute approximate surface area is 198 Å². The maximum absolute atomic E-state index is 11.8. The molecule has 0 spiro atoms. The minimum absolute atomic E-state index is 0.0612. The van der Waals surface area contributed by atoms with E-state index in [0.29, 0.717) is 39.5 Å². The number of amides is 2. The molecule has 14 nitrogen and oxygen atoms in total. The quantitative estimate of drug-likeness (QED) is 0.289. The lowest BCUT2D eigenvalue weighted by molar-refractivity contribution is -0.151. The van der Waals surface area contributed by atoms with Crippen molar-refractivity contribution in [3.05, 3.63) is 0 Å². The third-order valence-electron chi connectivity index (χ3n) is 5.63. The Kier molecular flexibility index (Phi) is 13.2. The van der Waals surface area contributed by atoms with Gasteiger partial charge in [0.1, 0.15) is 6.04 Å². The van der Waals surface area contributed by atoms with Crippen LogP contribution in [0, 0.1) is 0 Å². The molecule has 1 heterocycles. The molecule has 34 heavy (non-hydrogen) atoms. The van der Waals surface area contributed by atoms with Gasteiger partial charge in [0.2, 0.25) is 0 Å². The van der Waals surface area contributed by atoms with Crippen molar-refractivity contribution in [2.45, 2.75) is 25.4 Å². The predicted octanol–water partition coefficient (Wildman–Crippen LogP) is -0.457. The molecule has 2 atom stereocenters. The zero-order chi connectivity index (χ0) is 25.7. The number of rotatable bonds is 10. The van der Waals surface area contributed by atoms with Gasteiger partial charge in [0.15, 0.2) is 0 Å². The Morgan fingerprint density at radius 2 is 1.44 bits per heavy atom. The van der Waals surface area contributed by atoms with Gasteiger partial charge in [-0.1, -0.05) is 0 Å². The van der Waals surface area contributed by atoms with Crippen molar-refractivity contribution >= 4 is 24.1 Å². The number of methoxy groups -OCH3 is 1. The van der Waals surface area contributed by atoms with Gasteiger partial charge in [-0.25, -0.2) is 9.59 Å². The number of ether oxygens (including phenoxy) is 2. The molecule has 0 aromatic heterocycles. The molecule has 196 valence electrons. The van der Waals surface area contributed by atoms with Gasteiger partial charge in [0.05, 0.1) is 26.2 Å². The number of carboxylic acids is 2. The Hall–Kier alpha value is -2.68. The number of nitrogens with zero attached hydrogens (tertiary/aromatic N) is 4. The molecule has 1 saturated heterocycles. The van der Waals surface area contributed by atoms with E-state index in [1.807, 2.05) is 4.90 Å². The fraction of sp³-hybridized carbons (Fsp3) is 0.800. The molecular weight excluding hydrogens is 456 g/mol. The highest BCUT2D eigenvalue weighted by Crippen LogP contribution is 2.14. The minimum atomic E-state index is -1.43. The second-order valence-electron chi connectivity index (χ2n) is 7.98. The lowest BCUT2D eigenvalue weighted by Gasteiger charge is -2.38. The Bertz CT molecular complexity index is 680. The maximum atomic E-state index is 11.8. The van der Waals surface area contributed by atoms with E-state index in [2.05, 4.69) is 0 Å². The van der Waals surface area contributed by atoms with E-state index in [4.69, 9.17) is 14.6 Å². The van der Waals surface area contributed by atoms with Crippen molar-refractivity contribution in [1.82, 2.24) is 19.6 Å². The molecule has 1 aliphatic heterocycles. The van der Waals surface area contributed by atoms with Crippen LogP contribution in [0.5, 0.6) is 0 Å². The second kappa shape index (κ2) is 15.3. The van der Waals surface area contributed by atoms with E-state index in [1.54, 1.807) is 14.0 Å². The van der Waals surface area contributed by atoms with Crippen molar-refractivity contribution in [2.24, 2.45) is 0 Å². The topological polar surface area (TPSA) is 181 Å². The second-order valence-corrected chi connectivity index (χ2v) is 7.98. The molecular formula is C20H36N4O10. The van der Waals surface area contributed by atoms with E-state index in [-0.39, 0.29) is 32.7 Å². The molecule has 1 fully saturated rings. The third-order valence-corrected chi connectivity index (χ3v) is 5.63. The van der Waals surface area contributed by atoms with Gasteiger partial charge in [-0.3, -0.25) is 19.4 Å². The molecule has 0 aromatic rings. The summed E-state index contributed by atoms with van der Waals surface area (Å²) in [5.74, 6) is -2.69. The zero-order valence-corrected chi connectivity index (χ0v) is 19.7. The first-order valence-electron chi connectivity index (χ1n) is 11.0.